The molecule has 1 saturated heterocycles. The Morgan fingerprint density at radius 3 is 2.80 bits per heavy atom. The number of benzene rings is 1. The largest absolute Gasteiger partial charge is 0.399 e. The van der Waals surface area contributed by atoms with Crippen LogP contribution in [0.25, 0.3) is 0 Å². The summed E-state index contributed by atoms with van der Waals surface area (Å²) < 4.78 is 5.82. The average molecular weight is 276 g/mol. The highest BCUT2D eigenvalue weighted by Gasteiger charge is 2.33. The lowest BCUT2D eigenvalue weighted by Gasteiger charge is -2.41. The number of morpholine rings is 1. The summed E-state index contributed by atoms with van der Waals surface area (Å²) in [5.74, 6) is 0.177. The molecule has 1 fully saturated rings. The Hall–Kier alpha value is -1.55. The number of amides is 1. The number of aryl methyl sites for hydroxylation is 1. The molecule has 1 amide bonds. The van der Waals surface area contributed by atoms with Crippen LogP contribution in [-0.4, -0.2) is 35.6 Å². The van der Waals surface area contributed by atoms with E-state index in [1.54, 1.807) is 0 Å². The first-order valence-corrected chi connectivity index (χ1v) is 7.16. The first kappa shape index (κ1) is 14.9. The number of nitrogen functional groups attached to an aromatic ring is 1. The van der Waals surface area contributed by atoms with Crippen molar-refractivity contribution >= 4 is 11.6 Å². The maximum absolute atomic E-state index is 12.3. The Balaban J connectivity index is 1.93. The number of carbonyl (C=O) groups excluding carboxylic acids is 1. The molecule has 2 N–H and O–H groups in total. The van der Waals surface area contributed by atoms with Crippen molar-refractivity contribution in [2.24, 2.45) is 0 Å². The minimum Gasteiger partial charge on any atom is -0.399 e. The molecule has 4 nitrogen and oxygen atoms in total. The lowest BCUT2D eigenvalue weighted by molar-refractivity contribution is -0.158. The van der Waals surface area contributed by atoms with E-state index in [4.69, 9.17) is 10.5 Å². The van der Waals surface area contributed by atoms with E-state index in [9.17, 15) is 4.79 Å². The molecule has 0 aliphatic carbocycles. The van der Waals surface area contributed by atoms with Crippen LogP contribution in [0.4, 0.5) is 5.69 Å². The van der Waals surface area contributed by atoms with Crippen molar-refractivity contribution in [3.8, 4) is 0 Å². The molecule has 2 rings (SSSR count). The molecule has 0 saturated carbocycles. The zero-order valence-electron chi connectivity index (χ0n) is 12.6. The Labute approximate surface area is 120 Å². The molecule has 1 heterocycles. The maximum Gasteiger partial charge on any atom is 0.223 e. The summed E-state index contributed by atoms with van der Waals surface area (Å²) in [6.45, 7) is 7.39. The fourth-order valence-corrected chi connectivity index (χ4v) is 2.81. The number of anilines is 1. The van der Waals surface area contributed by atoms with Gasteiger partial charge in [-0.1, -0.05) is 18.2 Å². The first-order chi connectivity index (χ1) is 9.37. The van der Waals surface area contributed by atoms with Gasteiger partial charge in [0, 0.05) is 25.2 Å². The molecular formula is C16H24N2O2. The van der Waals surface area contributed by atoms with Gasteiger partial charge in [-0.3, -0.25) is 4.79 Å². The molecule has 0 aromatic heterocycles. The van der Waals surface area contributed by atoms with Crippen molar-refractivity contribution in [1.29, 1.82) is 0 Å². The normalized spacial score (nSPS) is 21.8. The summed E-state index contributed by atoms with van der Waals surface area (Å²) in [7, 11) is 0. The van der Waals surface area contributed by atoms with Crippen LogP contribution in [0.5, 0.6) is 0 Å². The number of nitrogens with zero attached hydrogens (tertiary/aromatic N) is 1. The first-order valence-electron chi connectivity index (χ1n) is 7.16. The van der Waals surface area contributed by atoms with Gasteiger partial charge in [0.25, 0.3) is 0 Å². The predicted octanol–water partition coefficient (Wildman–Crippen LogP) is 2.23. The van der Waals surface area contributed by atoms with Crippen LogP contribution in [0, 0.1) is 0 Å². The molecule has 1 aromatic rings. The minimum atomic E-state index is -0.265. The molecule has 1 aliphatic rings. The van der Waals surface area contributed by atoms with Gasteiger partial charge in [-0.2, -0.15) is 0 Å². The van der Waals surface area contributed by atoms with Gasteiger partial charge in [-0.05, 0) is 38.8 Å². The van der Waals surface area contributed by atoms with E-state index in [1.165, 1.54) is 0 Å². The second-order valence-corrected chi connectivity index (χ2v) is 6.16. The average Bonchev–Trinajstić information content (AvgIpc) is 2.35. The molecule has 0 radical (unpaired) electrons. The van der Waals surface area contributed by atoms with Crippen LogP contribution >= 0.6 is 0 Å². The molecule has 1 unspecified atom stereocenters. The number of ether oxygens (including phenoxy) is 1. The predicted molar refractivity (Wildman–Crippen MR) is 80.4 cm³/mol. The van der Waals surface area contributed by atoms with Crippen LogP contribution in [0.2, 0.25) is 0 Å². The molecule has 1 aromatic carbocycles. The van der Waals surface area contributed by atoms with Crippen molar-refractivity contribution in [2.45, 2.75) is 45.3 Å². The van der Waals surface area contributed by atoms with Crippen LogP contribution in [-0.2, 0) is 16.0 Å². The molecule has 0 spiro atoms. The van der Waals surface area contributed by atoms with Gasteiger partial charge in [0.05, 0.1) is 11.7 Å². The second-order valence-electron chi connectivity index (χ2n) is 6.16. The highest BCUT2D eigenvalue weighted by molar-refractivity contribution is 5.77. The van der Waals surface area contributed by atoms with E-state index in [0.717, 1.165) is 11.3 Å². The third-order valence-electron chi connectivity index (χ3n) is 3.59. The monoisotopic (exact) mass is 276 g/mol. The smallest absolute Gasteiger partial charge is 0.223 e. The lowest BCUT2D eigenvalue weighted by atomic mass is 10.0. The van der Waals surface area contributed by atoms with E-state index in [2.05, 4.69) is 0 Å². The van der Waals surface area contributed by atoms with E-state index in [-0.39, 0.29) is 17.6 Å². The van der Waals surface area contributed by atoms with Crippen molar-refractivity contribution < 1.29 is 9.53 Å². The third-order valence-corrected chi connectivity index (χ3v) is 3.59. The summed E-state index contributed by atoms with van der Waals surface area (Å²) in [5, 5.41) is 0. The number of hydrogen-bond acceptors (Lipinski definition) is 3. The number of para-hydroxylation sites is 1. The number of hydrogen-bond donors (Lipinski definition) is 1. The molecule has 110 valence electrons. The van der Waals surface area contributed by atoms with Crippen LogP contribution in [0.3, 0.4) is 0 Å². The van der Waals surface area contributed by atoms with Crippen LogP contribution in [0.15, 0.2) is 24.3 Å². The topological polar surface area (TPSA) is 55.6 Å². The van der Waals surface area contributed by atoms with Gasteiger partial charge in [0.1, 0.15) is 0 Å². The minimum absolute atomic E-state index is 0.0875. The zero-order chi connectivity index (χ0) is 14.8. The highest BCUT2D eigenvalue weighted by atomic mass is 16.5. The van der Waals surface area contributed by atoms with E-state index < -0.39 is 0 Å². The fraction of sp³-hybridized carbons (Fsp3) is 0.562. The molecular weight excluding hydrogens is 252 g/mol. The molecule has 4 heteroatoms. The quantitative estimate of drug-likeness (QED) is 0.861. The summed E-state index contributed by atoms with van der Waals surface area (Å²) in [6, 6.07) is 7.72. The Morgan fingerprint density at radius 1 is 1.45 bits per heavy atom. The number of carbonyl (C=O) groups is 1. The van der Waals surface area contributed by atoms with Crippen molar-refractivity contribution in [3.05, 3.63) is 29.8 Å². The third kappa shape index (κ3) is 3.73. The Kier molecular flexibility index (Phi) is 4.33. The van der Waals surface area contributed by atoms with E-state index in [0.29, 0.717) is 25.9 Å². The van der Waals surface area contributed by atoms with Crippen LogP contribution < -0.4 is 5.73 Å². The van der Waals surface area contributed by atoms with Gasteiger partial charge >= 0.3 is 0 Å². The molecule has 1 aliphatic heterocycles. The highest BCUT2D eigenvalue weighted by Crippen LogP contribution is 2.22. The number of rotatable bonds is 3. The zero-order valence-corrected chi connectivity index (χ0v) is 12.6. The number of nitrogens with two attached hydrogens (primary N) is 1. The maximum atomic E-state index is 12.3. The standard InChI is InChI=1S/C16H24N2O2/c1-12-10-18(11-16(2,3)20-12)15(19)9-8-13-6-4-5-7-14(13)17/h4-7,12H,8-11,17H2,1-3H3. The lowest BCUT2D eigenvalue weighted by Crippen LogP contribution is -2.53. The molecule has 0 bridgehead atoms. The van der Waals surface area contributed by atoms with Crippen LogP contribution in [0.1, 0.15) is 32.8 Å². The van der Waals surface area contributed by atoms with Crippen molar-refractivity contribution in [1.82, 2.24) is 4.90 Å². The summed E-state index contributed by atoms with van der Waals surface area (Å²) >= 11 is 0. The SMILES string of the molecule is CC1CN(C(=O)CCc2ccccc2N)CC(C)(C)O1. The summed E-state index contributed by atoms with van der Waals surface area (Å²) in [5.41, 5.74) is 7.44. The van der Waals surface area contributed by atoms with Crippen molar-refractivity contribution in [3.63, 3.8) is 0 Å². The summed E-state index contributed by atoms with van der Waals surface area (Å²) in [6.07, 6.45) is 1.28. The van der Waals surface area contributed by atoms with E-state index >= 15 is 0 Å². The summed E-state index contributed by atoms with van der Waals surface area (Å²) in [4.78, 5) is 14.3. The van der Waals surface area contributed by atoms with Gasteiger partial charge < -0.3 is 15.4 Å². The fourth-order valence-electron chi connectivity index (χ4n) is 2.81. The van der Waals surface area contributed by atoms with E-state index in [1.807, 2.05) is 49.9 Å². The van der Waals surface area contributed by atoms with Gasteiger partial charge in [-0.25, -0.2) is 0 Å². The second kappa shape index (κ2) is 5.83. The van der Waals surface area contributed by atoms with Gasteiger partial charge in [0.15, 0.2) is 0 Å². The molecule has 1 atom stereocenters. The molecule has 20 heavy (non-hydrogen) atoms. The van der Waals surface area contributed by atoms with Crippen molar-refractivity contribution in [2.75, 3.05) is 18.8 Å². The van der Waals surface area contributed by atoms with Gasteiger partial charge in [-0.15, -0.1) is 0 Å². The Bertz CT molecular complexity index is 485. The van der Waals surface area contributed by atoms with Gasteiger partial charge in [0.2, 0.25) is 5.91 Å². The Morgan fingerprint density at radius 2 is 2.15 bits per heavy atom.